The molecular weight excluding hydrogens is 340 g/mol. The third kappa shape index (κ3) is 3.58. The lowest BCUT2D eigenvalue weighted by molar-refractivity contribution is -0.136. The average Bonchev–Trinajstić information content (AvgIpc) is 2.92. The molecule has 0 aromatic heterocycles. The number of carbonyl (C=O) groups excluding carboxylic acids is 2. The highest BCUT2D eigenvalue weighted by Crippen LogP contribution is 2.33. The van der Waals surface area contributed by atoms with E-state index in [0.29, 0.717) is 23.4 Å². The molecule has 0 saturated heterocycles. The van der Waals surface area contributed by atoms with E-state index in [4.69, 9.17) is 4.74 Å². The van der Waals surface area contributed by atoms with Crippen molar-refractivity contribution in [2.45, 2.75) is 26.9 Å². The highest BCUT2D eigenvalue weighted by atomic mass is 16.5. The summed E-state index contributed by atoms with van der Waals surface area (Å²) in [7, 11) is 1.81. The Balaban J connectivity index is 2.07. The Morgan fingerprint density at radius 1 is 0.963 bits per heavy atom. The molecule has 0 saturated carbocycles. The van der Waals surface area contributed by atoms with Crippen LogP contribution in [0.15, 0.2) is 60.3 Å². The standard InChI is InChI=1S/C22H24N2O3/c1-5-24-21(25)19(16-11-13-18(14-12-16)27-15(2)3)20(22(24)26)23(4)17-9-7-6-8-10-17/h6-15H,5H2,1-4H3. The molecule has 0 aliphatic carbocycles. The van der Waals surface area contributed by atoms with E-state index in [-0.39, 0.29) is 17.9 Å². The number of para-hydroxylation sites is 1. The molecule has 3 rings (SSSR count). The molecule has 1 aliphatic heterocycles. The maximum atomic E-state index is 12.9. The van der Waals surface area contributed by atoms with Gasteiger partial charge in [-0.25, -0.2) is 0 Å². The van der Waals surface area contributed by atoms with Gasteiger partial charge in [-0.15, -0.1) is 0 Å². The molecule has 0 unspecified atom stereocenters. The minimum atomic E-state index is -0.272. The van der Waals surface area contributed by atoms with Crippen molar-refractivity contribution in [3.8, 4) is 5.75 Å². The van der Waals surface area contributed by atoms with E-state index in [0.717, 1.165) is 11.4 Å². The molecule has 0 spiro atoms. The topological polar surface area (TPSA) is 49.9 Å². The summed E-state index contributed by atoms with van der Waals surface area (Å²) < 4.78 is 5.68. The van der Waals surface area contributed by atoms with Crippen LogP contribution in [0.5, 0.6) is 5.75 Å². The van der Waals surface area contributed by atoms with E-state index in [2.05, 4.69) is 0 Å². The number of ether oxygens (including phenoxy) is 1. The average molecular weight is 364 g/mol. The van der Waals surface area contributed by atoms with E-state index in [9.17, 15) is 9.59 Å². The molecule has 140 valence electrons. The predicted octanol–water partition coefficient (Wildman–Crippen LogP) is 3.71. The molecule has 2 aromatic carbocycles. The Kier molecular flexibility index (Phi) is 5.31. The summed E-state index contributed by atoms with van der Waals surface area (Å²) in [5.41, 5.74) is 2.37. The Morgan fingerprint density at radius 2 is 1.59 bits per heavy atom. The van der Waals surface area contributed by atoms with Crippen LogP contribution in [0.2, 0.25) is 0 Å². The number of hydrogen-bond acceptors (Lipinski definition) is 4. The van der Waals surface area contributed by atoms with E-state index >= 15 is 0 Å². The molecule has 0 atom stereocenters. The first-order valence-corrected chi connectivity index (χ1v) is 9.10. The molecule has 5 heteroatoms. The van der Waals surface area contributed by atoms with Gasteiger partial charge in [0.2, 0.25) is 0 Å². The molecule has 1 heterocycles. The SMILES string of the molecule is CCN1C(=O)C(c2ccc(OC(C)C)cc2)=C(N(C)c2ccccc2)C1=O. The second kappa shape index (κ2) is 7.66. The van der Waals surface area contributed by atoms with Crippen molar-refractivity contribution in [1.82, 2.24) is 4.90 Å². The molecule has 27 heavy (non-hydrogen) atoms. The molecule has 0 fully saturated rings. The number of anilines is 1. The molecule has 0 bridgehead atoms. The van der Waals surface area contributed by atoms with Crippen LogP contribution in [-0.4, -0.2) is 36.4 Å². The summed E-state index contributed by atoms with van der Waals surface area (Å²) in [6.07, 6.45) is 0.0695. The fourth-order valence-electron chi connectivity index (χ4n) is 3.17. The number of imide groups is 1. The fraction of sp³-hybridized carbons (Fsp3) is 0.273. The highest BCUT2D eigenvalue weighted by Gasteiger charge is 2.40. The number of hydrogen-bond donors (Lipinski definition) is 0. The van der Waals surface area contributed by atoms with Gasteiger partial charge in [0.1, 0.15) is 11.4 Å². The minimum Gasteiger partial charge on any atom is -0.491 e. The molecule has 0 N–H and O–H groups in total. The van der Waals surface area contributed by atoms with Gasteiger partial charge in [-0.2, -0.15) is 0 Å². The molecule has 1 aliphatic rings. The number of carbonyl (C=O) groups is 2. The van der Waals surface area contributed by atoms with Crippen LogP contribution < -0.4 is 9.64 Å². The Labute approximate surface area is 159 Å². The van der Waals surface area contributed by atoms with Gasteiger partial charge in [0.25, 0.3) is 11.8 Å². The van der Waals surface area contributed by atoms with E-state index in [1.165, 1.54) is 4.90 Å². The number of benzene rings is 2. The van der Waals surface area contributed by atoms with Gasteiger partial charge in [-0.05, 0) is 50.6 Å². The zero-order chi connectivity index (χ0) is 19.6. The van der Waals surface area contributed by atoms with Crippen LogP contribution in [0.25, 0.3) is 5.57 Å². The largest absolute Gasteiger partial charge is 0.491 e. The van der Waals surface area contributed by atoms with Gasteiger partial charge in [-0.1, -0.05) is 30.3 Å². The van der Waals surface area contributed by atoms with Crippen LogP contribution in [0.4, 0.5) is 5.69 Å². The van der Waals surface area contributed by atoms with Crippen molar-refractivity contribution in [3.63, 3.8) is 0 Å². The molecular formula is C22H24N2O3. The highest BCUT2D eigenvalue weighted by molar-refractivity contribution is 6.36. The Hall–Kier alpha value is -3.08. The summed E-state index contributed by atoms with van der Waals surface area (Å²) >= 11 is 0. The second-order valence-electron chi connectivity index (χ2n) is 6.66. The monoisotopic (exact) mass is 364 g/mol. The van der Waals surface area contributed by atoms with E-state index in [1.807, 2.05) is 75.5 Å². The normalized spacial score (nSPS) is 14.3. The second-order valence-corrected chi connectivity index (χ2v) is 6.66. The lowest BCUT2D eigenvalue weighted by Crippen LogP contribution is -2.33. The van der Waals surface area contributed by atoms with Gasteiger partial charge in [0, 0.05) is 19.3 Å². The van der Waals surface area contributed by atoms with Gasteiger partial charge < -0.3 is 9.64 Å². The van der Waals surface area contributed by atoms with E-state index in [1.54, 1.807) is 11.8 Å². The van der Waals surface area contributed by atoms with Crippen molar-refractivity contribution in [2.75, 3.05) is 18.5 Å². The molecule has 2 amide bonds. The van der Waals surface area contributed by atoms with Gasteiger partial charge in [0.05, 0.1) is 11.7 Å². The summed E-state index contributed by atoms with van der Waals surface area (Å²) in [6.45, 7) is 6.06. The quantitative estimate of drug-likeness (QED) is 0.733. The number of amides is 2. The predicted molar refractivity (Wildman–Crippen MR) is 106 cm³/mol. The summed E-state index contributed by atoms with van der Waals surface area (Å²) in [5, 5.41) is 0. The number of nitrogens with zero attached hydrogens (tertiary/aromatic N) is 2. The fourth-order valence-corrected chi connectivity index (χ4v) is 3.17. The maximum Gasteiger partial charge on any atom is 0.278 e. The maximum absolute atomic E-state index is 12.9. The lowest BCUT2D eigenvalue weighted by Gasteiger charge is -2.21. The number of rotatable bonds is 6. The summed E-state index contributed by atoms with van der Waals surface area (Å²) in [5.74, 6) is 0.195. The first-order valence-electron chi connectivity index (χ1n) is 9.10. The van der Waals surface area contributed by atoms with Crippen molar-refractivity contribution in [1.29, 1.82) is 0 Å². The minimum absolute atomic E-state index is 0.0695. The van der Waals surface area contributed by atoms with Crippen molar-refractivity contribution >= 4 is 23.1 Å². The van der Waals surface area contributed by atoms with Crippen molar-refractivity contribution in [3.05, 3.63) is 65.9 Å². The van der Waals surface area contributed by atoms with Crippen LogP contribution in [-0.2, 0) is 9.59 Å². The summed E-state index contributed by atoms with van der Waals surface area (Å²) in [6, 6.07) is 16.9. The first kappa shape index (κ1) is 18.7. The van der Waals surface area contributed by atoms with Crippen LogP contribution in [0, 0.1) is 0 Å². The lowest BCUT2D eigenvalue weighted by atomic mass is 10.0. The zero-order valence-corrected chi connectivity index (χ0v) is 16.1. The van der Waals surface area contributed by atoms with Crippen molar-refractivity contribution in [2.24, 2.45) is 0 Å². The van der Waals surface area contributed by atoms with Crippen LogP contribution in [0.3, 0.4) is 0 Å². The van der Waals surface area contributed by atoms with Crippen LogP contribution in [0.1, 0.15) is 26.3 Å². The molecule has 2 aromatic rings. The smallest absolute Gasteiger partial charge is 0.278 e. The summed E-state index contributed by atoms with van der Waals surface area (Å²) in [4.78, 5) is 28.9. The van der Waals surface area contributed by atoms with Gasteiger partial charge in [-0.3, -0.25) is 14.5 Å². The number of likely N-dealkylation sites (N-methyl/N-ethyl adjacent to an activating group) is 2. The van der Waals surface area contributed by atoms with E-state index < -0.39 is 0 Å². The van der Waals surface area contributed by atoms with Gasteiger partial charge in [0.15, 0.2) is 0 Å². The molecule has 0 radical (unpaired) electrons. The first-order chi connectivity index (χ1) is 12.9. The zero-order valence-electron chi connectivity index (χ0n) is 16.1. The Bertz CT molecular complexity index is 870. The third-order valence-corrected chi connectivity index (χ3v) is 4.45. The van der Waals surface area contributed by atoms with Crippen molar-refractivity contribution < 1.29 is 14.3 Å². The van der Waals surface area contributed by atoms with Gasteiger partial charge >= 0.3 is 0 Å². The molecule has 5 nitrogen and oxygen atoms in total. The third-order valence-electron chi connectivity index (χ3n) is 4.45. The Morgan fingerprint density at radius 3 is 2.15 bits per heavy atom. The van der Waals surface area contributed by atoms with Crippen LogP contribution >= 0.6 is 0 Å².